The summed E-state index contributed by atoms with van der Waals surface area (Å²) in [5.41, 5.74) is 2.02. The van der Waals surface area contributed by atoms with Gasteiger partial charge in [-0.2, -0.15) is 0 Å². The summed E-state index contributed by atoms with van der Waals surface area (Å²) in [5.74, 6) is 1.21. The molecule has 0 radical (unpaired) electrons. The van der Waals surface area contributed by atoms with E-state index >= 15 is 0 Å². The molecule has 130 valence electrons. The molecule has 0 saturated heterocycles. The molecular weight excluding hydrogens is 406 g/mol. The van der Waals surface area contributed by atoms with Crippen LogP contribution in [0.2, 0.25) is 5.02 Å². The molecule has 0 aliphatic heterocycles. The van der Waals surface area contributed by atoms with E-state index in [1.54, 1.807) is 12.1 Å². The number of nitrogens with zero attached hydrogens (tertiary/aromatic N) is 2. The molecular formula is C18H17BrClN3O2. The molecule has 1 heterocycles. The van der Waals surface area contributed by atoms with Crippen LogP contribution in [0.15, 0.2) is 46.9 Å². The molecule has 0 aliphatic rings. The van der Waals surface area contributed by atoms with E-state index in [-0.39, 0.29) is 12.5 Å². The van der Waals surface area contributed by atoms with Gasteiger partial charge < -0.3 is 14.6 Å². The summed E-state index contributed by atoms with van der Waals surface area (Å²) in [6.45, 7) is 3.03. The largest absolute Gasteiger partial charge is 0.482 e. The van der Waals surface area contributed by atoms with E-state index in [0.29, 0.717) is 23.9 Å². The number of hydrogen-bond donors (Lipinski definition) is 1. The van der Waals surface area contributed by atoms with Gasteiger partial charge in [0.25, 0.3) is 5.91 Å². The Kier molecular flexibility index (Phi) is 5.60. The van der Waals surface area contributed by atoms with Gasteiger partial charge in [0.1, 0.15) is 11.6 Å². The number of ether oxygens (including phenoxy) is 1. The van der Waals surface area contributed by atoms with E-state index in [0.717, 1.165) is 21.3 Å². The van der Waals surface area contributed by atoms with Gasteiger partial charge in [-0.05, 0) is 37.3 Å². The van der Waals surface area contributed by atoms with Gasteiger partial charge in [0.05, 0.1) is 16.1 Å². The maximum Gasteiger partial charge on any atom is 0.258 e. The molecule has 1 amide bonds. The number of halogens is 2. The average molecular weight is 423 g/mol. The smallest absolute Gasteiger partial charge is 0.258 e. The van der Waals surface area contributed by atoms with Crippen molar-refractivity contribution >= 4 is 44.5 Å². The molecule has 3 aromatic rings. The zero-order chi connectivity index (χ0) is 17.8. The number of amides is 1. The fourth-order valence-electron chi connectivity index (χ4n) is 2.57. The Morgan fingerprint density at radius 1 is 1.32 bits per heavy atom. The number of imidazole rings is 1. The van der Waals surface area contributed by atoms with Gasteiger partial charge in [0, 0.05) is 17.6 Å². The number of fused-ring (bicyclic) bond motifs is 1. The number of rotatable bonds is 6. The van der Waals surface area contributed by atoms with Crippen LogP contribution >= 0.6 is 27.5 Å². The summed E-state index contributed by atoms with van der Waals surface area (Å²) in [6.07, 6.45) is 0. The molecule has 7 heteroatoms. The van der Waals surface area contributed by atoms with Crippen molar-refractivity contribution < 1.29 is 9.53 Å². The van der Waals surface area contributed by atoms with E-state index in [1.165, 1.54) is 0 Å². The van der Waals surface area contributed by atoms with Gasteiger partial charge in [0.2, 0.25) is 0 Å². The van der Waals surface area contributed by atoms with Crippen LogP contribution < -0.4 is 10.1 Å². The molecule has 25 heavy (non-hydrogen) atoms. The second kappa shape index (κ2) is 7.89. The summed E-state index contributed by atoms with van der Waals surface area (Å²) in [4.78, 5) is 16.5. The average Bonchev–Trinajstić information content (AvgIpc) is 2.90. The topological polar surface area (TPSA) is 56.2 Å². The molecule has 0 unspecified atom stereocenters. The Hall–Kier alpha value is -2.05. The van der Waals surface area contributed by atoms with Crippen molar-refractivity contribution in [3.63, 3.8) is 0 Å². The maximum absolute atomic E-state index is 12.0. The van der Waals surface area contributed by atoms with Gasteiger partial charge in [-0.25, -0.2) is 4.98 Å². The zero-order valence-electron chi connectivity index (χ0n) is 13.6. The van der Waals surface area contributed by atoms with Gasteiger partial charge in [-0.1, -0.05) is 39.7 Å². The Bertz CT molecular complexity index is 910. The minimum Gasteiger partial charge on any atom is -0.482 e. The Morgan fingerprint density at radius 3 is 2.92 bits per heavy atom. The van der Waals surface area contributed by atoms with Gasteiger partial charge >= 0.3 is 0 Å². The SMILES string of the molecule is Cc1nc2ccccc2n1CCNC(=O)COc1ccc(Br)cc1Cl. The van der Waals surface area contributed by atoms with Crippen molar-refractivity contribution in [2.75, 3.05) is 13.2 Å². The summed E-state index contributed by atoms with van der Waals surface area (Å²) >= 11 is 9.39. The first-order chi connectivity index (χ1) is 12.0. The van der Waals surface area contributed by atoms with Crippen LogP contribution in [-0.2, 0) is 11.3 Å². The van der Waals surface area contributed by atoms with Crippen LogP contribution in [0, 0.1) is 6.92 Å². The number of carbonyl (C=O) groups is 1. The molecule has 0 saturated carbocycles. The number of hydrogen-bond acceptors (Lipinski definition) is 3. The van der Waals surface area contributed by atoms with Crippen molar-refractivity contribution in [2.45, 2.75) is 13.5 Å². The van der Waals surface area contributed by atoms with E-state index in [2.05, 4.69) is 30.8 Å². The highest BCUT2D eigenvalue weighted by Crippen LogP contribution is 2.27. The predicted octanol–water partition coefficient (Wildman–Crippen LogP) is 3.96. The van der Waals surface area contributed by atoms with Gasteiger partial charge in [-0.3, -0.25) is 4.79 Å². The molecule has 0 bridgehead atoms. The lowest BCUT2D eigenvalue weighted by molar-refractivity contribution is -0.123. The van der Waals surface area contributed by atoms with Crippen LogP contribution in [0.3, 0.4) is 0 Å². The lowest BCUT2D eigenvalue weighted by Gasteiger charge is -2.10. The number of para-hydroxylation sites is 2. The van der Waals surface area contributed by atoms with E-state index < -0.39 is 0 Å². The highest BCUT2D eigenvalue weighted by atomic mass is 79.9. The maximum atomic E-state index is 12.0. The summed E-state index contributed by atoms with van der Waals surface area (Å²) < 4.78 is 8.40. The first-order valence-electron chi connectivity index (χ1n) is 7.81. The highest BCUT2D eigenvalue weighted by Gasteiger charge is 2.08. The van der Waals surface area contributed by atoms with Crippen LogP contribution in [-0.4, -0.2) is 28.6 Å². The lowest BCUT2D eigenvalue weighted by atomic mass is 10.3. The molecule has 0 spiro atoms. The third-order valence-electron chi connectivity index (χ3n) is 3.76. The molecule has 0 atom stereocenters. The summed E-state index contributed by atoms with van der Waals surface area (Å²) in [6, 6.07) is 13.2. The van der Waals surface area contributed by atoms with E-state index in [4.69, 9.17) is 16.3 Å². The van der Waals surface area contributed by atoms with Crippen LogP contribution in [0.25, 0.3) is 11.0 Å². The molecule has 3 rings (SSSR count). The van der Waals surface area contributed by atoms with Crippen molar-refractivity contribution in [3.05, 3.63) is 57.8 Å². The molecule has 2 aromatic carbocycles. The minimum absolute atomic E-state index is 0.0784. The molecule has 1 aromatic heterocycles. The number of nitrogens with one attached hydrogen (secondary N) is 1. The van der Waals surface area contributed by atoms with E-state index in [9.17, 15) is 4.79 Å². The van der Waals surface area contributed by atoms with Gasteiger partial charge in [0.15, 0.2) is 6.61 Å². The second-order valence-corrected chi connectivity index (χ2v) is 6.84. The fraction of sp³-hybridized carbons (Fsp3) is 0.222. The fourth-order valence-corrected chi connectivity index (χ4v) is 3.30. The van der Waals surface area contributed by atoms with Crippen LogP contribution in [0.5, 0.6) is 5.75 Å². The zero-order valence-corrected chi connectivity index (χ0v) is 16.0. The van der Waals surface area contributed by atoms with Crippen molar-refractivity contribution in [2.24, 2.45) is 0 Å². The lowest BCUT2D eigenvalue weighted by Crippen LogP contribution is -2.31. The number of carbonyl (C=O) groups excluding carboxylic acids is 1. The first kappa shape index (κ1) is 17.8. The van der Waals surface area contributed by atoms with Crippen LogP contribution in [0.4, 0.5) is 0 Å². The Labute approximate surface area is 159 Å². The Balaban J connectivity index is 1.51. The third kappa shape index (κ3) is 4.32. The van der Waals surface area contributed by atoms with Gasteiger partial charge in [-0.15, -0.1) is 0 Å². The monoisotopic (exact) mass is 421 g/mol. The molecule has 0 fully saturated rings. The number of aromatic nitrogens is 2. The summed E-state index contributed by atoms with van der Waals surface area (Å²) in [5, 5.41) is 3.31. The van der Waals surface area contributed by atoms with Crippen LogP contribution in [0.1, 0.15) is 5.82 Å². The standard InChI is InChI=1S/C18H17BrClN3O2/c1-12-22-15-4-2-3-5-16(15)23(12)9-8-21-18(24)11-25-17-7-6-13(19)10-14(17)20/h2-7,10H,8-9,11H2,1H3,(H,21,24). The van der Waals surface area contributed by atoms with E-state index in [1.807, 2.05) is 37.3 Å². The third-order valence-corrected chi connectivity index (χ3v) is 4.54. The number of aryl methyl sites for hydroxylation is 1. The van der Waals surface area contributed by atoms with Crippen molar-refractivity contribution in [3.8, 4) is 5.75 Å². The normalized spacial score (nSPS) is 10.8. The predicted molar refractivity (Wildman–Crippen MR) is 102 cm³/mol. The quantitative estimate of drug-likeness (QED) is 0.654. The molecule has 1 N–H and O–H groups in total. The molecule has 0 aliphatic carbocycles. The highest BCUT2D eigenvalue weighted by molar-refractivity contribution is 9.10. The Morgan fingerprint density at radius 2 is 2.12 bits per heavy atom. The van der Waals surface area contributed by atoms with Crippen molar-refractivity contribution in [1.82, 2.24) is 14.9 Å². The summed E-state index contributed by atoms with van der Waals surface area (Å²) in [7, 11) is 0. The number of benzene rings is 2. The van der Waals surface area contributed by atoms with Crippen molar-refractivity contribution in [1.29, 1.82) is 0 Å². The molecule has 5 nitrogen and oxygen atoms in total. The minimum atomic E-state index is -0.193. The second-order valence-electron chi connectivity index (χ2n) is 5.51. The first-order valence-corrected chi connectivity index (χ1v) is 8.98.